The fourth-order valence-corrected chi connectivity index (χ4v) is 2.24. The molecular formula is C13H17N3O6. The van der Waals surface area contributed by atoms with Gasteiger partial charge in [-0.05, 0) is 13.8 Å². The SMILES string of the molecule is CCOC(=O)C1=NOC(CN2CC(C(C)=O)C(=O)NC2=O)C1. The fraction of sp³-hybridized carbons (Fsp3) is 0.615. The lowest BCUT2D eigenvalue weighted by Gasteiger charge is -2.31. The van der Waals surface area contributed by atoms with Crippen molar-refractivity contribution in [1.29, 1.82) is 0 Å². The lowest BCUT2D eigenvalue weighted by molar-refractivity contribution is -0.136. The molecule has 2 unspecified atom stereocenters. The van der Waals surface area contributed by atoms with E-state index in [4.69, 9.17) is 9.57 Å². The molecule has 1 N–H and O–H groups in total. The summed E-state index contributed by atoms with van der Waals surface area (Å²) in [4.78, 5) is 52.6. The van der Waals surface area contributed by atoms with E-state index < -0.39 is 29.9 Å². The molecule has 9 nitrogen and oxygen atoms in total. The maximum absolute atomic E-state index is 11.8. The number of rotatable bonds is 5. The van der Waals surface area contributed by atoms with Gasteiger partial charge in [-0.2, -0.15) is 0 Å². The average Bonchev–Trinajstić information content (AvgIpc) is 2.90. The van der Waals surface area contributed by atoms with Crippen molar-refractivity contribution in [1.82, 2.24) is 10.2 Å². The summed E-state index contributed by atoms with van der Waals surface area (Å²) >= 11 is 0. The molecule has 22 heavy (non-hydrogen) atoms. The second-order valence-electron chi connectivity index (χ2n) is 5.05. The van der Waals surface area contributed by atoms with E-state index in [2.05, 4.69) is 10.5 Å². The Hall–Kier alpha value is -2.45. The molecule has 2 aliphatic heterocycles. The van der Waals surface area contributed by atoms with Crippen molar-refractivity contribution in [3.63, 3.8) is 0 Å². The van der Waals surface area contributed by atoms with Gasteiger partial charge in [0.05, 0.1) is 13.2 Å². The van der Waals surface area contributed by atoms with Gasteiger partial charge in [-0.1, -0.05) is 5.16 Å². The van der Waals surface area contributed by atoms with Crippen LogP contribution in [0.3, 0.4) is 0 Å². The summed E-state index contributed by atoms with van der Waals surface area (Å²) in [6, 6.07) is -0.587. The van der Waals surface area contributed by atoms with Crippen molar-refractivity contribution in [2.75, 3.05) is 19.7 Å². The average molecular weight is 311 g/mol. The second-order valence-corrected chi connectivity index (χ2v) is 5.05. The molecule has 0 radical (unpaired) electrons. The molecule has 0 aromatic rings. The normalized spacial score (nSPS) is 24.5. The molecule has 9 heteroatoms. The third-order valence-corrected chi connectivity index (χ3v) is 3.40. The van der Waals surface area contributed by atoms with Crippen LogP contribution in [0.25, 0.3) is 0 Å². The summed E-state index contributed by atoms with van der Waals surface area (Å²) in [5.41, 5.74) is 0.156. The summed E-state index contributed by atoms with van der Waals surface area (Å²) in [5.74, 6) is -2.34. The highest BCUT2D eigenvalue weighted by Gasteiger charge is 2.37. The Morgan fingerprint density at radius 2 is 2.18 bits per heavy atom. The van der Waals surface area contributed by atoms with Gasteiger partial charge in [0.25, 0.3) is 0 Å². The number of ketones is 1. The van der Waals surface area contributed by atoms with E-state index in [0.29, 0.717) is 0 Å². The van der Waals surface area contributed by atoms with E-state index in [-0.39, 0.29) is 37.6 Å². The highest BCUT2D eigenvalue weighted by molar-refractivity contribution is 6.36. The van der Waals surface area contributed by atoms with Crippen molar-refractivity contribution in [2.45, 2.75) is 26.4 Å². The minimum Gasteiger partial charge on any atom is -0.461 e. The highest BCUT2D eigenvalue weighted by Crippen LogP contribution is 2.16. The zero-order valence-electron chi connectivity index (χ0n) is 12.3. The lowest BCUT2D eigenvalue weighted by atomic mass is 10.0. The second kappa shape index (κ2) is 6.54. The first kappa shape index (κ1) is 15.9. The largest absolute Gasteiger partial charge is 0.461 e. The van der Waals surface area contributed by atoms with E-state index in [0.717, 1.165) is 0 Å². The number of carbonyl (C=O) groups is 4. The van der Waals surface area contributed by atoms with Crippen LogP contribution in [0.5, 0.6) is 0 Å². The van der Waals surface area contributed by atoms with Gasteiger partial charge >= 0.3 is 12.0 Å². The summed E-state index contributed by atoms with van der Waals surface area (Å²) in [6.07, 6.45) is -0.299. The van der Waals surface area contributed by atoms with E-state index in [9.17, 15) is 19.2 Å². The van der Waals surface area contributed by atoms with Crippen molar-refractivity contribution in [3.05, 3.63) is 0 Å². The first-order chi connectivity index (χ1) is 10.4. The number of esters is 1. The zero-order valence-corrected chi connectivity index (χ0v) is 12.3. The van der Waals surface area contributed by atoms with Gasteiger partial charge < -0.3 is 14.5 Å². The molecule has 1 fully saturated rings. The van der Waals surface area contributed by atoms with Crippen LogP contribution < -0.4 is 5.32 Å². The maximum Gasteiger partial charge on any atom is 0.356 e. The minimum atomic E-state index is -0.885. The van der Waals surface area contributed by atoms with Crippen LogP contribution >= 0.6 is 0 Å². The molecule has 1 saturated heterocycles. The van der Waals surface area contributed by atoms with Gasteiger partial charge in [-0.3, -0.25) is 14.9 Å². The van der Waals surface area contributed by atoms with Crippen LogP contribution in [0, 0.1) is 5.92 Å². The van der Waals surface area contributed by atoms with E-state index in [1.165, 1.54) is 11.8 Å². The number of hydrogen-bond donors (Lipinski definition) is 1. The minimum absolute atomic E-state index is 0.00536. The summed E-state index contributed by atoms with van der Waals surface area (Å²) in [5, 5.41) is 5.78. The van der Waals surface area contributed by atoms with Gasteiger partial charge in [0.1, 0.15) is 11.7 Å². The van der Waals surface area contributed by atoms with E-state index >= 15 is 0 Å². The number of ether oxygens (including phenoxy) is 1. The van der Waals surface area contributed by atoms with Crippen LogP contribution in [-0.2, 0) is 24.0 Å². The van der Waals surface area contributed by atoms with Crippen molar-refractivity contribution >= 4 is 29.4 Å². The molecule has 0 aliphatic carbocycles. The molecule has 2 rings (SSSR count). The number of Topliss-reactive ketones (excluding diaryl/α,β-unsaturated/α-hetero) is 1. The number of nitrogens with zero attached hydrogens (tertiary/aromatic N) is 2. The van der Waals surface area contributed by atoms with Crippen LogP contribution in [0.1, 0.15) is 20.3 Å². The van der Waals surface area contributed by atoms with Gasteiger partial charge in [0.15, 0.2) is 11.8 Å². The molecule has 0 spiro atoms. The number of imide groups is 1. The van der Waals surface area contributed by atoms with Crippen LogP contribution in [0.2, 0.25) is 0 Å². The third-order valence-electron chi connectivity index (χ3n) is 3.40. The predicted octanol–water partition coefficient (Wildman–Crippen LogP) is -0.549. The Kier molecular flexibility index (Phi) is 4.74. The molecule has 0 saturated carbocycles. The predicted molar refractivity (Wildman–Crippen MR) is 72.8 cm³/mol. The Balaban J connectivity index is 1.92. The van der Waals surface area contributed by atoms with Crippen LogP contribution in [-0.4, -0.2) is 60.1 Å². The molecule has 0 aromatic carbocycles. The van der Waals surface area contributed by atoms with Gasteiger partial charge in [-0.15, -0.1) is 0 Å². The standard InChI is InChI=1S/C13H17N3O6/c1-3-21-12(19)10-4-8(22-15-10)5-16-6-9(7(2)17)11(18)14-13(16)20/h8-9H,3-6H2,1-2H3,(H,14,18,20). The molecule has 2 atom stereocenters. The maximum atomic E-state index is 11.8. The summed E-state index contributed by atoms with van der Waals surface area (Å²) in [6.45, 7) is 3.33. The Morgan fingerprint density at radius 1 is 1.45 bits per heavy atom. The Morgan fingerprint density at radius 3 is 2.82 bits per heavy atom. The van der Waals surface area contributed by atoms with Gasteiger partial charge in [-0.25, -0.2) is 9.59 Å². The highest BCUT2D eigenvalue weighted by atomic mass is 16.6. The van der Waals surface area contributed by atoms with Gasteiger partial charge in [0, 0.05) is 13.0 Å². The number of urea groups is 1. The first-order valence-electron chi connectivity index (χ1n) is 6.92. The third kappa shape index (κ3) is 3.41. The molecule has 0 aromatic heterocycles. The molecule has 2 heterocycles. The molecule has 3 amide bonds. The van der Waals surface area contributed by atoms with Crippen LogP contribution in [0.15, 0.2) is 5.16 Å². The molecule has 120 valence electrons. The number of carbonyl (C=O) groups excluding carboxylic acids is 4. The van der Waals surface area contributed by atoms with Crippen molar-refractivity contribution < 1.29 is 28.8 Å². The van der Waals surface area contributed by atoms with Crippen molar-refractivity contribution in [2.24, 2.45) is 11.1 Å². The molecule has 2 aliphatic rings. The lowest BCUT2D eigenvalue weighted by Crippen LogP contribution is -2.57. The zero-order chi connectivity index (χ0) is 16.3. The van der Waals surface area contributed by atoms with E-state index in [1.807, 2.05) is 0 Å². The number of amides is 3. The Labute approximate surface area is 126 Å². The molecule has 0 bridgehead atoms. The molecular weight excluding hydrogens is 294 g/mol. The van der Waals surface area contributed by atoms with Crippen LogP contribution in [0.4, 0.5) is 4.79 Å². The van der Waals surface area contributed by atoms with Crippen molar-refractivity contribution in [3.8, 4) is 0 Å². The van der Waals surface area contributed by atoms with Gasteiger partial charge in [0.2, 0.25) is 5.91 Å². The smallest absolute Gasteiger partial charge is 0.356 e. The first-order valence-corrected chi connectivity index (χ1v) is 6.92. The Bertz CT molecular complexity index is 544. The fourth-order valence-electron chi connectivity index (χ4n) is 2.24. The number of oxime groups is 1. The monoisotopic (exact) mass is 311 g/mol. The summed E-state index contributed by atoms with van der Waals surface area (Å²) < 4.78 is 4.82. The summed E-state index contributed by atoms with van der Waals surface area (Å²) in [7, 11) is 0. The quantitative estimate of drug-likeness (QED) is 0.538. The number of hydrogen-bond acceptors (Lipinski definition) is 7. The van der Waals surface area contributed by atoms with E-state index in [1.54, 1.807) is 6.92 Å². The topological polar surface area (TPSA) is 114 Å². The number of nitrogens with one attached hydrogen (secondary N) is 1.